The van der Waals surface area contributed by atoms with E-state index in [1.807, 2.05) is 35.9 Å². The molecule has 1 aromatic carbocycles. The van der Waals surface area contributed by atoms with Crippen LogP contribution in [0.15, 0.2) is 30.6 Å². The topological polar surface area (TPSA) is 69.0 Å². The fraction of sp³-hybridized carbons (Fsp3) is 0.400. The Balaban J connectivity index is 2.03. The van der Waals surface area contributed by atoms with Gasteiger partial charge in [-0.05, 0) is 24.6 Å². The van der Waals surface area contributed by atoms with Gasteiger partial charge in [0, 0.05) is 19.4 Å². The van der Waals surface area contributed by atoms with Crippen molar-refractivity contribution in [2.75, 3.05) is 7.11 Å². The molecule has 2 aromatic rings. The summed E-state index contributed by atoms with van der Waals surface area (Å²) in [6.45, 7) is 4.11. The summed E-state index contributed by atoms with van der Waals surface area (Å²) in [7, 11) is 1.65. The van der Waals surface area contributed by atoms with Crippen molar-refractivity contribution in [3.63, 3.8) is 0 Å². The second-order valence-electron chi connectivity index (χ2n) is 4.99. The van der Waals surface area contributed by atoms with Crippen molar-refractivity contribution in [1.82, 2.24) is 20.1 Å². The molecule has 0 aliphatic rings. The summed E-state index contributed by atoms with van der Waals surface area (Å²) in [6, 6.07) is 7.88. The van der Waals surface area contributed by atoms with Crippen molar-refractivity contribution in [1.29, 1.82) is 0 Å². The summed E-state index contributed by atoms with van der Waals surface area (Å²) in [5, 5.41) is 7.10. The fourth-order valence-corrected chi connectivity index (χ4v) is 2.15. The van der Waals surface area contributed by atoms with E-state index >= 15 is 0 Å². The van der Waals surface area contributed by atoms with Crippen LogP contribution in [0.1, 0.15) is 25.2 Å². The van der Waals surface area contributed by atoms with Crippen LogP contribution in [0.5, 0.6) is 5.75 Å². The van der Waals surface area contributed by atoms with Gasteiger partial charge in [0.1, 0.15) is 17.9 Å². The zero-order valence-corrected chi connectivity index (χ0v) is 12.5. The van der Waals surface area contributed by atoms with E-state index in [9.17, 15) is 4.79 Å². The van der Waals surface area contributed by atoms with Gasteiger partial charge >= 0.3 is 0 Å². The number of hydrogen-bond donors (Lipinski definition) is 1. The Labute approximate surface area is 124 Å². The first-order valence-electron chi connectivity index (χ1n) is 6.85. The van der Waals surface area contributed by atoms with Crippen LogP contribution in [0.25, 0.3) is 0 Å². The highest BCUT2D eigenvalue weighted by molar-refractivity contribution is 5.73. The Morgan fingerprint density at radius 2 is 2.10 bits per heavy atom. The molecule has 2 rings (SSSR count). The normalized spacial score (nSPS) is 12.0. The van der Waals surface area contributed by atoms with Gasteiger partial charge in [-0.25, -0.2) is 9.67 Å². The Kier molecular flexibility index (Phi) is 4.92. The number of ether oxygens (including phenoxy) is 1. The first kappa shape index (κ1) is 15.0. The van der Waals surface area contributed by atoms with Gasteiger partial charge in [-0.3, -0.25) is 4.79 Å². The van der Waals surface area contributed by atoms with Crippen LogP contribution >= 0.6 is 0 Å². The molecule has 1 amide bonds. The number of aromatic nitrogens is 3. The number of carbonyl (C=O) groups is 1. The highest BCUT2D eigenvalue weighted by Crippen LogP contribution is 2.12. The lowest BCUT2D eigenvalue weighted by Gasteiger charge is -2.13. The first-order valence-corrected chi connectivity index (χ1v) is 6.85. The molecule has 0 bridgehead atoms. The molecule has 0 aliphatic heterocycles. The largest absolute Gasteiger partial charge is 0.497 e. The van der Waals surface area contributed by atoms with Gasteiger partial charge in [0.05, 0.1) is 13.7 Å². The second kappa shape index (κ2) is 6.88. The molecule has 1 heterocycles. The van der Waals surface area contributed by atoms with E-state index < -0.39 is 0 Å². The lowest BCUT2D eigenvalue weighted by atomic mass is 10.2. The standard InChI is InChI=1S/C15H20N4O2/c1-11(18-12(2)20)8-15-16-10-17-19(15)9-13-4-6-14(21-3)7-5-13/h4-7,10-11H,8-9H2,1-3H3,(H,18,20). The number of amides is 1. The van der Waals surface area contributed by atoms with Crippen molar-refractivity contribution in [3.05, 3.63) is 42.0 Å². The molecule has 1 aromatic heterocycles. The molecule has 0 fully saturated rings. The van der Waals surface area contributed by atoms with Crippen molar-refractivity contribution in [3.8, 4) is 5.75 Å². The van der Waals surface area contributed by atoms with Gasteiger partial charge in [0.25, 0.3) is 0 Å². The van der Waals surface area contributed by atoms with Gasteiger partial charge in [-0.15, -0.1) is 0 Å². The minimum Gasteiger partial charge on any atom is -0.497 e. The summed E-state index contributed by atoms with van der Waals surface area (Å²) in [6.07, 6.45) is 2.19. The van der Waals surface area contributed by atoms with Gasteiger partial charge in [0.2, 0.25) is 5.91 Å². The molecule has 1 unspecified atom stereocenters. The van der Waals surface area contributed by atoms with E-state index in [1.165, 1.54) is 6.92 Å². The minimum absolute atomic E-state index is 0.0290. The summed E-state index contributed by atoms with van der Waals surface area (Å²) < 4.78 is 6.99. The molecule has 21 heavy (non-hydrogen) atoms. The summed E-state index contributed by atoms with van der Waals surface area (Å²) in [5.41, 5.74) is 1.12. The molecule has 112 valence electrons. The average Bonchev–Trinajstić information content (AvgIpc) is 2.86. The molecule has 1 atom stereocenters. The molecule has 6 nitrogen and oxygen atoms in total. The third kappa shape index (κ3) is 4.30. The van der Waals surface area contributed by atoms with Crippen LogP contribution in [0.4, 0.5) is 0 Å². The Hall–Kier alpha value is -2.37. The van der Waals surface area contributed by atoms with E-state index in [2.05, 4.69) is 15.4 Å². The fourth-order valence-electron chi connectivity index (χ4n) is 2.15. The predicted octanol–water partition coefficient (Wildman–Crippen LogP) is 1.40. The van der Waals surface area contributed by atoms with Gasteiger partial charge in [-0.1, -0.05) is 12.1 Å². The monoisotopic (exact) mass is 288 g/mol. The zero-order valence-electron chi connectivity index (χ0n) is 12.5. The Bertz CT molecular complexity index is 592. The number of rotatable bonds is 6. The van der Waals surface area contributed by atoms with E-state index in [4.69, 9.17) is 4.74 Å². The molecular weight excluding hydrogens is 268 g/mol. The number of nitrogens with one attached hydrogen (secondary N) is 1. The summed E-state index contributed by atoms with van der Waals surface area (Å²) in [4.78, 5) is 15.3. The quantitative estimate of drug-likeness (QED) is 0.872. The van der Waals surface area contributed by atoms with Crippen molar-refractivity contribution in [2.24, 2.45) is 0 Å². The lowest BCUT2D eigenvalue weighted by Crippen LogP contribution is -2.33. The number of nitrogens with zero attached hydrogens (tertiary/aromatic N) is 3. The lowest BCUT2D eigenvalue weighted by molar-refractivity contribution is -0.119. The van der Waals surface area contributed by atoms with E-state index in [0.717, 1.165) is 17.1 Å². The van der Waals surface area contributed by atoms with Gasteiger partial charge in [0.15, 0.2) is 0 Å². The van der Waals surface area contributed by atoms with Crippen LogP contribution in [0, 0.1) is 0 Å². The van der Waals surface area contributed by atoms with Crippen LogP contribution < -0.4 is 10.1 Å². The third-order valence-electron chi connectivity index (χ3n) is 3.13. The zero-order chi connectivity index (χ0) is 15.2. The van der Waals surface area contributed by atoms with Crippen molar-refractivity contribution < 1.29 is 9.53 Å². The molecule has 0 radical (unpaired) electrons. The molecule has 1 N–H and O–H groups in total. The molecule has 0 saturated carbocycles. The minimum atomic E-state index is -0.0382. The summed E-state index contributed by atoms with van der Waals surface area (Å²) in [5.74, 6) is 1.65. The third-order valence-corrected chi connectivity index (χ3v) is 3.13. The maximum Gasteiger partial charge on any atom is 0.217 e. The first-order chi connectivity index (χ1) is 10.1. The number of hydrogen-bond acceptors (Lipinski definition) is 4. The predicted molar refractivity (Wildman–Crippen MR) is 79.1 cm³/mol. The highest BCUT2D eigenvalue weighted by atomic mass is 16.5. The maximum atomic E-state index is 11.1. The molecule has 0 spiro atoms. The maximum absolute atomic E-state index is 11.1. The Morgan fingerprint density at radius 3 is 2.71 bits per heavy atom. The molecule has 0 saturated heterocycles. The van der Waals surface area contributed by atoms with Crippen LogP contribution in [-0.2, 0) is 17.8 Å². The van der Waals surface area contributed by atoms with E-state index in [1.54, 1.807) is 13.4 Å². The van der Waals surface area contributed by atoms with Gasteiger partial charge < -0.3 is 10.1 Å². The van der Waals surface area contributed by atoms with Crippen molar-refractivity contribution >= 4 is 5.91 Å². The Morgan fingerprint density at radius 1 is 1.38 bits per heavy atom. The number of methoxy groups -OCH3 is 1. The smallest absolute Gasteiger partial charge is 0.217 e. The second-order valence-corrected chi connectivity index (χ2v) is 4.99. The number of carbonyl (C=O) groups excluding carboxylic acids is 1. The van der Waals surface area contributed by atoms with Crippen LogP contribution in [-0.4, -0.2) is 33.8 Å². The number of benzene rings is 1. The van der Waals surface area contributed by atoms with Crippen molar-refractivity contribution in [2.45, 2.75) is 32.9 Å². The highest BCUT2D eigenvalue weighted by Gasteiger charge is 2.11. The molecule has 0 aliphatic carbocycles. The van der Waals surface area contributed by atoms with Gasteiger partial charge in [-0.2, -0.15) is 5.10 Å². The van der Waals surface area contributed by atoms with Crippen LogP contribution in [0.2, 0.25) is 0 Å². The molecule has 6 heteroatoms. The van der Waals surface area contributed by atoms with E-state index in [-0.39, 0.29) is 11.9 Å². The van der Waals surface area contributed by atoms with Crippen LogP contribution in [0.3, 0.4) is 0 Å². The SMILES string of the molecule is COc1ccc(Cn2ncnc2CC(C)NC(C)=O)cc1. The van der Waals surface area contributed by atoms with E-state index in [0.29, 0.717) is 13.0 Å². The average molecular weight is 288 g/mol. The molecular formula is C15H20N4O2. The summed E-state index contributed by atoms with van der Waals surface area (Å²) >= 11 is 0.